The summed E-state index contributed by atoms with van der Waals surface area (Å²) in [6.45, 7) is 11.7. The minimum absolute atomic E-state index is 0.0561. The summed E-state index contributed by atoms with van der Waals surface area (Å²) < 4.78 is 23.2. The molecule has 2 aliphatic rings. The topological polar surface area (TPSA) is 113 Å². The fourth-order valence-electron chi connectivity index (χ4n) is 6.64. The second-order valence-electron chi connectivity index (χ2n) is 13.0. The molecule has 10 nitrogen and oxygen atoms in total. The number of hydrogen-bond donors (Lipinski definition) is 1. The predicted molar refractivity (Wildman–Crippen MR) is 175 cm³/mol. The Balaban J connectivity index is 1.64. The van der Waals surface area contributed by atoms with Gasteiger partial charge in [-0.15, -0.1) is 6.58 Å². The zero-order valence-corrected chi connectivity index (χ0v) is 28.7. The fraction of sp³-hybridized carbons (Fsp3) is 0.588. The number of likely N-dealkylation sites (tertiary alicyclic amines) is 1. The molecule has 1 N–H and O–H groups in total. The summed E-state index contributed by atoms with van der Waals surface area (Å²) in [7, 11) is 1.60. The van der Waals surface area contributed by atoms with Gasteiger partial charge in [-0.05, 0) is 78.5 Å². The molecule has 1 saturated carbocycles. The van der Waals surface area contributed by atoms with Crippen molar-refractivity contribution in [3.05, 3.63) is 41.5 Å². The van der Waals surface area contributed by atoms with Crippen molar-refractivity contribution in [1.82, 2.24) is 10.3 Å². The number of carbonyl (C=O) groups is 3. The van der Waals surface area contributed by atoms with Gasteiger partial charge in [0.2, 0.25) is 5.88 Å². The Labute approximate surface area is 274 Å². The Kier molecular flexibility index (Phi) is 11.5. The molecule has 4 rings (SSSR count). The largest absolute Gasteiger partial charge is 0.524 e. The van der Waals surface area contributed by atoms with Crippen molar-refractivity contribution in [3.8, 4) is 11.6 Å². The Morgan fingerprint density at radius 2 is 1.93 bits per heavy atom. The molecule has 2 fully saturated rings. The van der Waals surface area contributed by atoms with Crippen LogP contribution in [-0.2, 0) is 14.3 Å². The quantitative estimate of drug-likeness (QED) is 0.193. The van der Waals surface area contributed by atoms with E-state index in [0.717, 1.165) is 47.3 Å². The van der Waals surface area contributed by atoms with Gasteiger partial charge in [0.05, 0.1) is 24.8 Å². The zero-order chi connectivity index (χ0) is 32.8. The van der Waals surface area contributed by atoms with Crippen LogP contribution < -0.4 is 14.8 Å². The molecule has 2 heterocycles. The maximum absolute atomic E-state index is 14.8. The number of ether oxygens (including phenoxy) is 4. The average molecular weight is 690 g/mol. The molecule has 2 aromatic rings. The van der Waals surface area contributed by atoms with Crippen molar-refractivity contribution in [2.24, 2.45) is 11.3 Å². The van der Waals surface area contributed by atoms with Crippen LogP contribution in [0.15, 0.2) is 41.5 Å². The van der Waals surface area contributed by atoms with Gasteiger partial charge < -0.3 is 24.3 Å². The second kappa shape index (κ2) is 14.9. The molecular weight excluding hydrogens is 642 g/mol. The molecule has 0 radical (unpaired) electrons. The van der Waals surface area contributed by atoms with Crippen molar-refractivity contribution in [3.63, 3.8) is 0 Å². The van der Waals surface area contributed by atoms with Gasteiger partial charge in [0.1, 0.15) is 18.3 Å². The normalized spacial score (nSPS) is 22.8. The van der Waals surface area contributed by atoms with Gasteiger partial charge in [-0.1, -0.05) is 39.2 Å². The third-order valence-electron chi connectivity index (χ3n) is 9.07. The lowest BCUT2D eigenvalue weighted by Crippen LogP contribution is -2.67. The maximum atomic E-state index is 14.8. The number of pyridine rings is 1. The predicted octanol–water partition coefficient (Wildman–Crippen LogP) is 7.32. The highest BCUT2D eigenvalue weighted by Gasteiger charge is 2.61. The average Bonchev–Trinajstić information content (AvgIpc) is 3.35. The highest BCUT2D eigenvalue weighted by molar-refractivity contribution is 9.10. The number of rotatable bonds is 11. The number of nitrogens with one attached hydrogen (secondary N) is 1. The molecular formula is C34H47BrN3O7+. The van der Waals surface area contributed by atoms with Crippen molar-refractivity contribution in [1.29, 1.82) is 0 Å². The summed E-state index contributed by atoms with van der Waals surface area (Å²) >= 11 is 3.54. The molecule has 1 aromatic heterocycles. The van der Waals surface area contributed by atoms with Crippen LogP contribution in [0, 0.1) is 11.3 Å². The van der Waals surface area contributed by atoms with Gasteiger partial charge in [0.15, 0.2) is 12.1 Å². The SMILES string of the molecule is C=CCC(C)(C)COC(=O)N[C@H](C(=O)[N+]1(C(=O)OCC)C[C@H](Oc2nccc3cc(OC)c(Br)cc23)CC1C)C1CCCCC1. The van der Waals surface area contributed by atoms with Gasteiger partial charge >= 0.3 is 18.1 Å². The van der Waals surface area contributed by atoms with Crippen LogP contribution in [0.3, 0.4) is 0 Å². The van der Waals surface area contributed by atoms with Crippen LogP contribution in [0.4, 0.5) is 9.59 Å². The molecule has 11 heteroatoms. The third kappa shape index (κ3) is 7.80. The number of hydrogen-bond acceptors (Lipinski definition) is 8. The van der Waals surface area contributed by atoms with Gasteiger partial charge in [-0.2, -0.15) is 9.28 Å². The number of methoxy groups -OCH3 is 1. The highest BCUT2D eigenvalue weighted by Crippen LogP contribution is 2.38. The molecule has 0 bridgehead atoms. The number of benzene rings is 1. The molecule has 4 atom stereocenters. The number of allylic oxidation sites excluding steroid dienone is 1. The van der Waals surface area contributed by atoms with E-state index in [1.807, 2.05) is 39.0 Å². The summed E-state index contributed by atoms with van der Waals surface area (Å²) in [4.78, 5) is 46.3. The second-order valence-corrected chi connectivity index (χ2v) is 13.8. The van der Waals surface area contributed by atoms with E-state index in [2.05, 4.69) is 32.8 Å². The molecule has 1 aliphatic heterocycles. The first-order chi connectivity index (χ1) is 21.4. The number of quaternary nitrogens is 1. The maximum Gasteiger partial charge on any atom is 0.524 e. The van der Waals surface area contributed by atoms with Crippen molar-refractivity contribution >= 4 is 44.8 Å². The van der Waals surface area contributed by atoms with E-state index in [4.69, 9.17) is 18.9 Å². The Morgan fingerprint density at radius 3 is 2.60 bits per heavy atom. The minimum Gasteiger partial charge on any atom is -0.496 e. The number of alkyl carbamates (subject to hydrolysis) is 1. The molecule has 1 aliphatic carbocycles. The molecule has 0 spiro atoms. The third-order valence-corrected chi connectivity index (χ3v) is 9.68. The van der Waals surface area contributed by atoms with Crippen LogP contribution in [0.25, 0.3) is 10.8 Å². The monoisotopic (exact) mass is 688 g/mol. The van der Waals surface area contributed by atoms with Crippen LogP contribution in [0.5, 0.6) is 11.6 Å². The number of nitrogens with zero attached hydrogens (tertiary/aromatic N) is 2. The first kappa shape index (κ1) is 34.7. The Hall–Kier alpha value is -3.18. The van der Waals surface area contributed by atoms with Crippen LogP contribution in [0.2, 0.25) is 0 Å². The van der Waals surface area contributed by atoms with Gasteiger partial charge in [0.25, 0.3) is 0 Å². The summed E-state index contributed by atoms with van der Waals surface area (Å²) in [5.41, 5.74) is -0.299. The summed E-state index contributed by atoms with van der Waals surface area (Å²) in [6.07, 6.45) is 7.24. The first-order valence-electron chi connectivity index (χ1n) is 15.9. The van der Waals surface area contributed by atoms with Gasteiger partial charge in [-0.25, -0.2) is 14.6 Å². The van der Waals surface area contributed by atoms with E-state index in [1.165, 1.54) is 0 Å². The van der Waals surface area contributed by atoms with Gasteiger partial charge in [-0.3, -0.25) is 0 Å². The number of imide groups is 1. The molecule has 246 valence electrons. The number of fused-ring (bicyclic) bond motifs is 1. The number of amides is 3. The lowest BCUT2D eigenvalue weighted by Gasteiger charge is -2.37. The number of aromatic nitrogens is 1. The van der Waals surface area contributed by atoms with Crippen molar-refractivity contribution in [2.45, 2.75) is 90.8 Å². The van der Waals surface area contributed by atoms with E-state index < -0.39 is 34.9 Å². The molecule has 2 unspecified atom stereocenters. The van der Waals surface area contributed by atoms with E-state index in [1.54, 1.807) is 26.3 Å². The molecule has 45 heavy (non-hydrogen) atoms. The van der Waals surface area contributed by atoms with Crippen LogP contribution in [-0.4, -0.2) is 72.6 Å². The molecule has 3 amide bonds. The summed E-state index contributed by atoms with van der Waals surface area (Å²) in [5, 5.41) is 4.55. The van der Waals surface area contributed by atoms with E-state index in [-0.39, 0.29) is 37.0 Å². The van der Waals surface area contributed by atoms with Crippen molar-refractivity contribution < 1.29 is 37.8 Å². The highest BCUT2D eigenvalue weighted by atomic mass is 79.9. The summed E-state index contributed by atoms with van der Waals surface area (Å²) in [6, 6.07) is 4.28. The number of carbonyl (C=O) groups excluding carboxylic acids is 3. The lowest BCUT2D eigenvalue weighted by molar-refractivity contribution is -0.795. The standard InChI is InChI=1S/C34H46BrN3O7/c1-7-15-34(4,5)21-44-32(40)37-29(23-12-10-9-11-13-23)31(39)38(33(41)43-8-2)20-25(17-22(38)3)45-30-26-19-27(35)28(42-6)18-24(26)14-16-36-30/h7,14,16,18-19,22-23,25,29H,1,8-13,15,17,20-21H2,2-6H3/p+1/t22?,25-,29+,38?/m1/s1. The Morgan fingerprint density at radius 1 is 1.20 bits per heavy atom. The summed E-state index contributed by atoms with van der Waals surface area (Å²) in [5.74, 6) is 0.571. The van der Waals surface area contributed by atoms with Crippen molar-refractivity contribution in [2.75, 3.05) is 26.9 Å². The first-order valence-corrected chi connectivity index (χ1v) is 16.7. The smallest absolute Gasteiger partial charge is 0.496 e. The molecule has 1 saturated heterocycles. The van der Waals surface area contributed by atoms with Crippen LogP contribution in [0.1, 0.15) is 72.6 Å². The van der Waals surface area contributed by atoms with E-state index >= 15 is 0 Å². The molecule has 1 aromatic carbocycles. The Bertz CT molecular complexity index is 1390. The minimum atomic E-state index is -0.912. The van der Waals surface area contributed by atoms with Crippen LogP contribution >= 0.6 is 15.9 Å². The lowest BCUT2D eigenvalue weighted by atomic mass is 9.83. The number of halogens is 1. The zero-order valence-electron chi connectivity index (χ0n) is 27.1. The fourth-order valence-corrected chi connectivity index (χ4v) is 7.15. The van der Waals surface area contributed by atoms with E-state index in [9.17, 15) is 14.4 Å². The van der Waals surface area contributed by atoms with E-state index in [0.29, 0.717) is 24.5 Å². The van der Waals surface area contributed by atoms with Gasteiger partial charge in [0, 0.05) is 23.4 Å².